The van der Waals surface area contributed by atoms with Gasteiger partial charge >= 0.3 is 6.28 Å². The molecule has 1 aliphatic rings. The first-order chi connectivity index (χ1) is 17.8. The molecule has 0 bridgehead atoms. The first-order valence-corrected chi connectivity index (χ1v) is 18.0. The summed E-state index contributed by atoms with van der Waals surface area (Å²) < 4.78 is 153. The summed E-state index contributed by atoms with van der Waals surface area (Å²) in [6.45, 7) is 17.5. The van der Waals surface area contributed by atoms with Crippen LogP contribution in [-0.2, 0) is 0 Å². The van der Waals surface area contributed by atoms with E-state index in [4.69, 9.17) is 0 Å². The van der Waals surface area contributed by atoms with E-state index in [1.807, 2.05) is 0 Å². The lowest BCUT2D eigenvalue weighted by atomic mass is 9.26. The lowest BCUT2D eigenvalue weighted by Gasteiger charge is -2.53. The quantitative estimate of drug-likeness (QED) is 0.107. The Bertz CT molecular complexity index is 1320. The van der Waals surface area contributed by atoms with Crippen molar-refractivity contribution in [2.75, 3.05) is 0 Å². The summed E-state index contributed by atoms with van der Waals surface area (Å²) in [5.74, 6) is -23.9. The van der Waals surface area contributed by atoms with Crippen LogP contribution in [0.25, 0.3) is 0 Å². The second-order valence-electron chi connectivity index (χ2n) is 13.6. The summed E-state index contributed by atoms with van der Waals surface area (Å²) in [5.41, 5.74) is -3.82. The molecule has 0 saturated carbocycles. The minimum atomic E-state index is -3.99. The summed E-state index contributed by atoms with van der Waals surface area (Å²) in [5, 5.41) is -1.61. The molecule has 3 rings (SSSR count). The second kappa shape index (κ2) is 9.64. The number of nitrogens with zero attached hydrogens (tertiary/aromatic N) is 1. The van der Waals surface area contributed by atoms with Crippen LogP contribution in [0.15, 0.2) is 0 Å². The summed E-state index contributed by atoms with van der Waals surface area (Å²) in [6, 6.07) is 0. The van der Waals surface area contributed by atoms with E-state index in [9.17, 15) is 26.3 Å². The predicted molar refractivity (Wildman–Crippen MR) is 142 cm³/mol. The summed E-state index contributed by atoms with van der Waals surface area (Å²) in [7, 11) is -6.32. The van der Waals surface area contributed by atoms with Gasteiger partial charge in [-0.25, -0.2) is 43.9 Å². The van der Waals surface area contributed by atoms with Crippen molar-refractivity contribution < 1.29 is 47.8 Å². The molecule has 14 heteroatoms. The van der Waals surface area contributed by atoms with Gasteiger partial charge in [0.15, 0.2) is 34.9 Å². The van der Waals surface area contributed by atoms with Crippen molar-refractivity contribution in [1.29, 1.82) is 0 Å². The zero-order chi connectivity index (χ0) is 31.3. The second-order valence-corrected chi connectivity index (χ2v) is 24.2. The molecule has 0 unspecified atom stereocenters. The molecule has 0 saturated heterocycles. The molecule has 0 aliphatic carbocycles. The topological polar surface area (TPSA) is 3.01 Å². The number of rotatable bonds is 3. The maximum atomic E-state index is 15.9. The molecule has 0 amide bonds. The summed E-state index contributed by atoms with van der Waals surface area (Å²) in [4.78, 5) is 0. The Morgan fingerprint density at radius 2 is 0.825 bits per heavy atom. The van der Waals surface area contributed by atoms with Gasteiger partial charge in [-0.3, -0.25) is 0 Å². The molecule has 2 aromatic carbocycles. The van der Waals surface area contributed by atoms with E-state index in [2.05, 4.69) is 0 Å². The molecular weight excluding hydrogens is 586 g/mol. The molecule has 1 nitrogen and oxygen atoms in total. The van der Waals surface area contributed by atoms with Gasteiger partial charge in [-0.2, -0.15) is 0 Å². The van der Waals surface area contributed by atoms with Crippen molar-refractivity contribution in [3.8, 4) is 0 Å². The van der Waals surface area contributed by atoms with Crippen molar-refractivity contribution in [3.05, 3.63) is 58.2 Å². The predicted octanol–water partition coefficient (Wildman–Crippen LogP) is 8.19. The summed E-state index contributed by atoms with van der Waals surface area (Å²) in [6.07, 6.45) is -4.59. The van der Waals surface area contributed by atoms with E-state index in [1.165, 1.54) is 3.90 Å². The fourth-order valence-corrected chi connectivity index (χ4v) is 23.9. The van der Waals surface area contributed by atoms with Gasteiger partial charge in [0.05, 0.1) is 0 Å². The van der Waals surface area contributed by atoms with Gasteiger partial charge in [-0.15, -0.1) is 0 Å². The van der Waals surface area contributed by atoms with E-state index in [1.54, 1.807) is 68.1 Å². The molecule has 2 aromatic rings. The van der Waals surface area contributed by atoms with Crippen LogP contribution in [0.1, 0.15) is 48.5 Å². The fourth-order valence-electron chi connectivity index (χ4n) is 8.09. The molecule has 1 atom stereocenters. The first-order valence-electron chi connectivity index (χ1n) is 12.7. The van der Waals surface area contributed by atoms with Crippen molar-refractivity contribution in [2.45, 2.75) is 90.4 Å². The van der Waals surface area contributed by atoms with E-state index >= 15 is 17.6 Å². The standard InChI is InChI=1S/C26H33BF10NPSi/c1-12-11-27(13-15(28)19(32)23(36)20(33)16(13)29,14-17(30)21(34)24(37)22(35)18(14)31)38(40(8,9)10)39(12,25(2,3)4)26(5,6)7/h12H,11H2,1-10H3/t12-/m0/s1. The smallest absolute Gasteiger partial charge is 0.316 e. The van der Waals surface area contributed by atoms with Crippen LogP contribution in [0.2, 0.25) is 26.0 Å². The lowest BCUT2D eigenvalue weighted by Crippen LogP contribution is -2.73. The van der Waals surface area contributed by atoms with Crippen molar-refractivity contribution in [1.82, 2.24) is 0 Å². The highest BCUT2D eigenvalue weighted by Crippen LogP contribution is 2.77. The maximum Gasteiger partial charge on any atom is 0.316 e. The van der Waals surface area contributed by atoms with Crippen LogP contribution in [0.5, 0.6) is 0 Å². The molecule has 0 aromatic heterocycles. The third kappa shape index (κ3) is 4.07. The minimum Gasteiger partial charge on any atom is -0.552 e. The number of halogens is 10. The number of hydrogen-bond acceptors (Lipinski definition) is 0. The maximum absolute atomic E-state index is 15.9. The lowest BCUT2D eigenvalue weighted by molar-refractivity contribution is -0.221. The highest BCUT2D eigenvalue weighted by molar-refractivity contribution is 7.70. The fraction of sp³-hybridized carbons (Fsp3) is 0.538. The number of benzene rings is 2. The Morgan fingerprint density at radius 1 is 0.575 bits per heavy atom. The average Bonchev–Trinajstić information content (AvgIpc) is 3.09. The SMILES string of the molecule is C[C@H]1C[B-](c2c(F)c(F)c(F)c(F)c2F)(c2c(F)c(F)c(F)c(F)c2F)[N+]([Si](C)(C)C)=P1(C(C)(C)C)C(C)(C)C. The normalized spacial score (nSPS) is 19.5. The Labute approximate surface area is 229 Å². The van der Waals surface area contributed by atoms with Gasteiger partial charge in [0.25, 0.3) is 8.24 Å². The zero-order valence-electron chi connectivity index (χ0n) is 24.0. The Balaban J connectivity index is 2.99. The summed E-state index contributed by atoms with van der Waals surface area (Å²) >= 11 is 0. The Kier molecular flexibility index (Phi) is 7.90. The van der Waals surface area contributed by atoms with Gasteiger partial charge in [0, 0.05) is 17.4 Å². The Hall–Kier alpha value is -1.75. The van der Waals surface area contributed by atoms with E-state index in [-0.39, 0.29) is 0 Å². The molecule has 40 heavy (non-hydrogen) atoms. The van der Waals surface area contributed by atoms with E-state index < -0.39 is 113 Å². The molecular formula is C26H33BF10NPSi. The van der Waals surface area contributed by atoms with Crippen molar-refractivity contribution >= 4 is 32.5 Å². The van der Waals surface area contributed by atoms with Gasteiger partial charge < -0.3 is 3.90 Å². The van der Waals surface area contributed by atoms with Crippen LogP contribution >= 0.6 is 7.05 Å². The van der Waals surface area contributed by atoms with Gasteiger partial charge in [-0.1, -0.05) is 65.7 Å². The monoisotopic (exact) mass is 619 g/mol. The van der Waals surface area contributed by atoms with Crippen LogP contribution < -0.4 is 10.9 Å². The van der Waals surface area contributed by atoms with E-state index in [0.29, 0.717) is 0 Å². The van der Waals surface area contributed by atoms with Crippen molar-refractivity contribution in [3.63, 3.8) is 0 Å². The zero-order valence-corrected chi connectivity index (χ0v) is 25.9. The third-order valence-corrected chi connectivity index (χ3v) is 19.5. The Morgan fingerprint density at radius 3 is 1.05 bits per heavy atom. The first kappa shape index (κ1) is 32.8. The molecule has 0 radical (unpaired) electrons. The third-order valence-electron chi connectivity index (χ3n) is 8.25. The van der Waals surface area contributed by atoms with Gasteiger partial charge in [0.1, 0.15) is 23.3 Å². The van der Waals surface area contributed by atoms with Crippen LogP contribution in [0.3, 0.4) is 0 Å². The van der Waals surface area contributed by atoms with Crippen LogP contribution in [-0.4, -0.2) is 34.4 Å². The molecule has 0 N–H and O–H groups in total. The van der Waals surface area contributed by atoms with Crippen LogP contribution in [0.4, 0.5) is 43.9 Å². The molecule has 1 aliphatic heterocycles. The largest absolute Gasteiger partial charge is 0.552 e. The molecule has 1 heterocycles. The molecule has 0 spiro atoms. The molecule has 0 fully saturated rings. The van der Waals surface area contributed by atoms with Crippen LogP contribution in [0, 0.1) is 58.2 Å². The highest BCUT2D eigenvalue weighted by Gasteiger charge is 2.67. The molecule has 224 valence electrons. The number of hydrogen-bond donors (Lipinski definition) is 0. The minimum absolute atomic E-state index is 0.608. The highest BCUT2D eigenvalue weighted by atomic mass is 31.2. The van der Waals surface area contributed by atoms with Crippen molar-refractivity contribution in [2.24, 2.45) is 0 Å². The van der Waals surface area contributed by atoms with Gasteiger partial charge in [0.2, 0.25) is 0 Å². The van der Waals surface area contributed by atoms with E-state index in [0.717, 1.165) is 0 Å². The van der Waals surface area contributed by atoms with Gasteiger partial charge in [-0.05, 0) is 25.3 Å². The average molecular weight is 619 g/mol.